The maximum Gasteiger partial charge on any atom is 0.198 e. The maximum atomic E-state index is 13.2. The van der Waals surface area contributed by atoms with Gasteiger partial charge in [-0.1, -0.05) is 18.2 Å². The number of hydrogen-bond acceptors (Lipinski definition) is 1. The van der Waals surface area contributed by atoms with E-state index in [9.17, 15) is 8.78 Å². The highest BCUT2D eigenvalue weighted by molar-refractivity contribution is 5.97. The van der Waals surface area contributed by atoms with E-state index in [2.05, 4.69) is 27.3 Å². The molecule has 1 aliphatic heterocycles. The zero-order valence-corrected chi connectivity index (χ0v) is 13.0. The van der Waals surface area contributed by atoms with Crippen LogP contribution in [0.5, 0.6) is 0 Å². The number of fused-ring (bicyclic) bond motifs is 1. The molecule has 1 N–H and O–H groups in total. The Kier molecular flexibility index (Phi) is 4.55. The molecule has 120 valence electrons. The number of halogens is 2. The van der Waals surface area contributed by atoms with E-state index in [1.807, 2.05) is 12.1 Å². The van der Waals surface area contributed by atoms with Crippen molar-refractivity contribution in [2.45, 2.75) is 12.8 Å². The molecule has 0 unspecified atom stereocenters. The lowest BCUT2D eigenvalue weighted by molar-refractivity contribution is 0.579. The summed E-state index contributed by atoms with van der Waals surface area (Å²) in [6.45, 7) is 1.45. The van der Waals surface area contributed by atoms with Gasteiger partial charge >= 0.3 is 0 Å². The summed E-state index contributed by atoms with van der Waals surface area (Å²) in [6, 6.07) is 11.9. The Morgan fingerprint density at radius 1 is 1.17 bits per heavy atom. The molecule has 2 aromatic carbocycles. The molecular formula is C18H19F2N3. The van der Waals surface area contributed by atoms with Crippen LogP contribution in [0.1, 0.15) is 11.1 Å². The van der Waals surface area contributed by atoms with Crippen molar-refractivity contribution in [1.29, 1.82) is 0 Å². The molecule has 23 heavy (non-hydrogen) atoms. The fraction of sp³-hybridized carbons (Fsp3) is 0.278. The molecule has 0 saturated heterocycles. The van der Waals surface area contributed by atoms with Crippen LogP contribution in [0.2, 0.25) is 0 Å². The number of para-hydroxylation sites is 1. The van der Waals surface area contributed by atoms with Gasteiger partial charge in [-0.3, -0.25) is 4.99 Å². The molecule has 0 spiro atoms. The van der Waals surface area contributed by atoms with E-state index in [1.165, 1.54) is 17.7 Å². The molecule has 2 aromatic rings. The zero-order chi connectivity index (χ0) is 16.2. The monoisotopic (exact) mass is 315 g/mol. The van der Waals surface area contributed by atoms with Crippen LogP contribution < -0.4 is 10.2 Å². The van der Waals surface area contributed by atoms with Crippen LogP contribution in [0.4, 0.5) is 14.5 Å². The number of benzene rings is 2. The van der Waals surface area contributed by atoms with Crippen LogP contribution in [-0.2, 0) is 12.8 Å². The highest BCUT2D eigenvalue weighted by Crippen LogP contribution is 2.27. The van der Waals surface area contributed by atoms with E-state index < -0.39 is 11.6 Å². The molecule has 3 rings (SSSR count). The summed E-state index contributed by atoms with van der Waals surface area (Å²) in [5.74, 6) is -0.303. The summed E-state index contributed by atoms with van der Waals surface area (Å²) in [5.41, 5.74) is 3.10. The van der Waals surface area contributed by atoms with E-state index in [0.29, 0.717) is 18.5 Å². The molecule has 1 aliphatic rings. The Bertz CT molecular complexity index is 708. The third kappa shape index (κ3) is 3.50. The van der Waals surface area contributed by atoms with Crippen molar-refractivity contribution in [3.8, 4) is 0 Å². The average Bonchev–Trinajstić information content (AvgIpc) is 2.95. The quantitative estimate of drug-likeness (QED) is 0.696. The van der Waals surface area contributed by atoms with Gasteiger partial charge in [-0.15, -0.1) is 0 Å². The van der Waals surface area contributed by atoms with Gasteiger partial charge in [0, 0.05) is 31.9 Å². The zero-order valence-electron chi connectivity index (χ0n) is 13.0. The Labute approximate surface area is 134 Å². The number of guanidine groups is 1. The van der Waals surface area contributed by atoms with Gasteiger partial charge in [0.1, 0.15) is 11.6 Å². The number of aliphatic imine (C=N–C) groups is 1. The maximum absolute atomic E-state index is 13.2. The third-order valence-electron chi connectivity index (χ3n) is 3.97. The van der Waals surface area contributed by atoms with E-state index in [0.717, 1.165) is 30.7 Å². The molecule has 0 aliphatic carbocycles. The molecule has 1 heterocycles. The summed E-state index contributed by atoms with van der Waals surface area (Å²) in [5, 5.41) is 3.27. The molecule has 0 fully saturated rings. The van der Waals surface area contributed by atoms with Crippen molar-refractivity contribution in [1.82, 2.24) is 5.32 Å². The summed E-state index contributed by atoms with van der Waals surface area (Å²) < 4.78 is 26.4. The fourth-order valence-electron chi connectivity index (χ4n) is 2.93. The topological polar surface area (TPSA) is 27.6 Å². The SMILES string of the molecule is CN=C(NCCc1cc(F)cc(F)c1)N1CCc2ccccc21. The molecule has 5 heteroatoms. The van der Waals surface area contributed by atoms with Crippen LogP contribution >= 0.6 is 0 Å². The second-order valence-electron chi connectivity index (χ2n) is 5.53. The van der Waals surface area contributed by atoms with E-state index in [1.54, 1.807) is 7.05 Å². The van der Waals surface area contributed by atoms with Crippen LogP contribution in [0.15, 0.2) is 47.5 Å². The van der Waals surface area contributed by atoms with Crippen molar-refractivity contribution in [2.24, 2.45) is 4.99 Å². The number of hydrogen-bond donors (Lipinski definition) is 1. The average molecular weight is 315 g/mol. The largest absolute Gasteiger partial charge is 0.356 e. The lowest BCUT2D eigenvalue weighted by Crippen LogP contribution is -2.41. The lowest BCUT2D eigenvalue weighted by Gasteiger charge is -2.22. The first-order chi connectivity index (χ1) is 11.2. The van der Waals surface area contributed by atoms with Gasteiger partial charge in [0.2, 0.25) is 0 Å². The van der Waals surface area contributed by atoms with Crippen molar-refractivity contribution in [3.63, 3.8) is 0 Å². The predicted octanol–water partition coefficient (Wildman–Crippen LogP) is 3.15. The molecule has 0 atom stereocenters. The Hall–Kier alpha value is -2.43. The number of anilines is 1. The summed E-state index contributed by atoms with van der Waals surface area (Å²) >= 11 is 0. The first kappa shape index (κ1) is 15.5. The molecule has 0 amide bonds. The number of nitrogens with one attached hydrogen (secondary N) is 1. The second kappa shape index (κ2) is 6.77. The molecule has 0 aromatic heterocycles. The van der Waals surface area contributed by atoms with Gasteiger partial charge in [-0.25, -0.2) is 8.78 Å². The van der Waals surface area contributed by atoms with E-state index in [4.69, 9.17) is 0 Å². The Balaban J connectivity index is 1.63. The Morgan fingerprint density at radius 2 is 1.91 bits per heavy atom. The van der Waals surface area contributed by atoms with Crippen LogP contribution in [0.25, 0.3) is 0 Å². The van der Waals surface area contributed by atoms with E-state index >= 15 is 0 Å². The van der Waals surface area contributed by atoms with Gasteiger partial charge in [0.05, 0.1) is 0 Å². The van der Waals surface area contributed by atoms with Crippen molar-refractivity contribution >= 4 is 11.6 Å². The standard InChI is InChI=1S/C18H19F2N3/c1-21-18(23-9-7-14-4-2-3-5-17(14)23)22-8-6-13-10-15(19)12-16(20)11-13/h2-5,10-12H,6-9H2,1H3,(H,21,22). The molecule has 0 saturated carbocycles. The molecule has 0 bridgehead atoms. The summed E-state index contributed by atoms with van der Waals surface area (Å²) in [7, 11) is 1.74. The van der Waals surface area contributed by atoms with Gasteiger partial charge in [-0.05, 0) is 42.2 Å². The number of rotatable bonds is 3. The first-order valence-electron chi connectivity index (χ1n) is 7.68. The predicted molar refractivity (Wildman–Crippen MR) is 88.9 cm³/mol. The number of nitrogens with zero attached hydrogens (tertiary/aromatic N) is 2. The third-order valence-corrected chi connectivity index (χ3v) is 3.97. The van der Waals surface area contributed by atoms with Gasteiger partial charge < -0.3 is 10.2 Å². The van der Waals surface area contributed by atoms with Gasteiger partial charge in [0.25, 0.3) is 0 Å². The highest BCUT2D eigenvalue weighted by Gasteiger charge is 2.22. The normalized spacial score (nSPS) is 14.0. The second-order valence-corrected chi connectivity index (χ2v) is 5.53. The fourth-order valence-corrected chi connectivity index (χ4v) is 2.93. The minimum absolute atomic E-state index is 0.531. The van der Waals surface area contributed by atoms with Gasteiger partial charge in [-0.2, -0.15) is 0 Å². The minimum Gasteiger partial charge on any atom is -0.356 e. The molecular weight excluding hydrogens is 296 g/mol. The molecule has 0 radical (unpaired) electrons. The summed E-state index contributed by atoms with van der Waals surface area (Å²) in [6.07, 6.45) is 1.52. The van der Waals surface area contributed by atoms with Gasteiger partial charge in [0.15, 0.2) is 5.96 Å². The smallest absolute Gasteiger partial charge is 0.198 e. The molecule has 3 nitrogen and oxygen atoms in total. The van der Waals surface area contributed by atoms with Crippen molar-refractivity contribution in [2.75, 3.05) is 25.0 Å². The summed E-state index contributed by atoms with van der Waals surface area (Å²) in [4.78, 5) is 6.46. The van der Waals surface area contributed by atoms with Crippen molar-refractivity contribution < 1.29 is 8.78 Å². The Morgan fingerprint density at radius 3 is 2.65 bits per heavy atom. The first-order valence-corrected chi connectivity index (χ1v) is 7.68. The highest BCUT2D eigenvalue weighted by atomic mass is 19.1. The van der Waals surface area contributed by atoms with Crippen LogP contribution in [0.3, 0.4) is 0 Å². The van der Waals surface area contributed by atoms with Crippen LogP contribution in [-0.4, -0.2) is 26.1 Å². The van der Waals surface area contributed by atoms with Crippen LogP contribution in [0, 0.1) is 11.6 Å². The van der Waals surface area contributed by atoms with Crippen molar-refractivity contribution in [3.05, 3.63) is 65.2 Å². The van der Waals surface area contributed by atoms with E-state index in [-0.39, 0.29) is 0 Å². The minimum atomic E-state index is -0.544. The lowest BCUT2D eigenvalue weighted by atomic mass is 10.1.